The summed E-state index contributed by atoms with van der Waals surface area (Å²) in [6.07, 6.45) is 2.40. The van der Waals surface area contributed by atoms with Gasteiger partial charge in [-0.25, -0.2) is 4.79 Å². The summed E-state index contributed by atoms with van der Waals surface area (Å²) in [5.41, 5.74) is 0.984. The van der Waals surface area contributed by atoms with Crippen LogP contribution in [0.25, 0.3) is 0 Å². The average Bonchev–Trinajstić information content (AvgIpc) is 3.33. The molecular weight excluding hydrogens is 294 g/mol. The van der Waals surface area contributed by atoms with Gasteiger partial charge in [0.05, 0.1) is 13.7 Å². The smallest absolute Gasteiger partial charge is 0.324 e. The summed E-state index contributed by atoms with van der Waals surface area (Å²) in [5.74, 6) is 1.26. The van der Waals surface area contributed by atoms with E-state index in [-0.39, 0.29) is 24.5 Å². The van der Waals surface area contributed by atoms with Crippen molar-refractivity contribution in [3.05, 3.63) is 24.3 Å². The van der Waals surface area contributed by atoms with Crippen molar-refractivity contribution < 1.29 is 14.3 Å². The molecule has 2 aliphatic rings. The third-order valence-electron chi connectivity index (χ3n) is 4.66. The van der Waals surface area contributed by atoms with Crippen LogP contribution in [0.1, 0.15) is 19.8 Å². The molecule has 1 N–H and O–H groups in total. The summed E-state index contributed by atoms with van der Waals surface area (Å²) >= 11 is 0. The Morgan fingerprint density at radius 1 is 1.39 bits per heavy atom. The van der Waals surface area contributed by atoms with E-state index in [2.05, 4.69) is 17.1 Å². The van der Waals surface area contributed by atoms with Crippen LogP contribution < -0.4 is 15.0 Å². The first-order valence-electron chi connectivity index (χ1n) is 8.09. The van der Waals surface area contributed by atoms with E-state index in [1.165, 1.54) is 17.7 Å². The summed E-state index contributed by atoms with van der Waals surface area (Å²) in [6.45, 7) is 3.36. The minimum atomic E-state index is -0.288. The first-order valence-corrected chi connectivity index (χ1v) is 8.09. The molecule has 1 aliphatic heterocycles. The number of benzene rings is 1. The predicted octanol–water partition coefficient (Wildman–Crippen LogP) is 1.85. The van der Waals surface area contributed by atoms with Gasteiger partial charge in [-0.3, -0.25) is 9.69 Å². The Hall–Kier alpha value is -2.24. The Morgan fingerprint density at radius 3 is 2.61 bits per heavy atom. The maximum atomic E-state index is 12.5. The summed E-state index contributed by atoms with van der Waals surface area (Å²) in [4.78, 5) is 27.6. The third-order valence-corrected chi connectivity index (χ3v) is 4.66. The van der Waals surface area contributed by atoms with Crippen LogP contribution in [0.3, 0.4) is 0 Å². The predicted molar refractivity (Wildman–Crippen MR) is 87.6 cm³/mol. The number of amides is 3. The molecule has 0 bridgehead atoms. The molecule has 0 spiro atoms. The zero-order valence-corrected chi connectivity index (χ0v) is 13.6. The molecule has 1 unspecified atom stereocenters. The second-order valence-electron chi connectivity index (χ2n) is 6.18. The standard InChI is InChI=1S/C17H23N3O3/c1-12(13-3-4-13)20(14-5-7-15(23-2)8-6-14)11-16(21)19-10-9-18-17(19)22/h5-8,12-13H,3-4,9-11H2,1-2H3,(H,18,22). The number of nitrogens with one attached hydrogen (secondary N) is 1. The van der Waals surface area contributed by atoms with E-state index in [1.54, 1.807) is 7.11 Å². The first-order chi connectivity index (χ1) is 11.1. The molecule has 1 saturated carbocycles. The van der Waals surface area contributed by atoms with E-state index in [1.807, 2.05) is 24.3 Å². The number of anilines is 1. The molecule has 1 atom stereocenters. The lowest BCUT2D eigenvalue weighted by atomic mass is 10.1. The van der Waals surface area contributed by atoms with Crippen LogP contribution in [0.15, 0.2) is 24.3 Å². The molecule has 6 heteroatoms. The fourth-order valence-corrected chi connectivity index (χ4v) is 3.02. The van der Waals surface area contributed by atoms with Gasteiger partial charge in [0.15, 0.2) is 0 Å². The lowest BCUT2D eigenvalue weighted by Gasteiger charge is -2.32. The molecule has 1 heterocycles. The highest BCUT2D eigenvalue weighted by Gasteiger charge is 2.35. The molecule has 1 aromatic carbocycles. The largest absolute Gasteiger partial charge is 0.497 e. The molecule has 1 aliphatic carbocycles. The molecule has 0 radical (unpaired) electrons. The van der Waals surface area contributed by atoms with Crippen molar-refractivity contribution in [1.29, 1.82) is 0 Å². The number of nitrogens with zero attached hydrogens (tertiary/aromatic N) is 2. The molecular formula is C17H23N3O3. The second kappa shape index (κ2) is 6.48. The molecule has 1 aromatic rings. The summed E-state index contributed by atoms with van der Waals surface area (Å²) in [5, 5.41) is 2.67. The lowest BCUT2D eigenvalue weighted by molar-refractivity contribution is -0.126. The highest BCUT2D eigenvalue weighted by atomic mass is 16.5. The number of methoxy groups -OCH3 is 1. The van der Waals surface area contributed by atoms with E-state index in [0.717, 1.165) is 11.4 Å². The van der Waals surface area contributed by atoms with Crippen LogP contribution in [0.2, 0.25) is 0 Å². The highest BCUT2D eigenvalue weighted by Crippen LogP contribution is 2.37. The van der Waals surface area contributed by atoms with Gasteiger partial charge in [-0.05, 0) is 49.9 Å². The van der Waals surface area contributed by atoms with Gasteiger partial charge in [0, 0.05) is 24.8 Å². The molecule has 0 aromatic heterocycles. The van der Waals surface area contributed by atoms with Crippen molar-refractivity contribution in [2.24, 2.45) is 5.92 Å². The molecule has 3 amide bonds. The Morgan fingerprint density at radius 2 is 2.09 bits per heavy atom. The highest BCUT2D eigenvalue weighted by molar-refractivity contribution is 5.97. The maximum Gasteiger partial charge on any atom is 0.324 e. The van der Waals surface area contributed by atoms with E-state index < -0.39 is 0 Å². The quantitative estimate of drug-likeness (QED) is 0.870. The molecule has 124 valence electrons. The van der Waals surface area contributed by atoms with Crippen molar-refractivity contribution >= 4 is 17.6 Å². The first kappa shape index (κ1) is 15.6. The number of carbonyl (C=O) groups is 2. The van der Waals surface area contributed by atoms with Crippen LogP contribution in [0, 0.1) is 5.92 Å². The van der Waals surface area contributed by atoms with Crippen LogP contribution in [0.5, 0.6) is 5.75 Å². The second-order valence-corrected chi connectivity index (χ2v) is 6.18. The zero-order chi connectivity index (χ0) is 16.4. The van der Waals surface area contributed by atoms with Gasteiger partial charge in [0.1, 0.15) is 5.75 Å². The minimum absolute atomic E-state index is 0.150. The van der Waals surface area contributed by atoms with Gasteiger partial charge < -0.3 is 15.0 Å². The van der Waals surface area contributed by atoms with Crippen LogP contribution in [-0.2, 0) is 4.79 Å². The third kappa shape index (κ3) is 3.41. The van der Waals surface area contributed by atoms with E-state index >= 15 is 0 Å². The number of hydrogen-bond donors (Lipinski definition) is 1. The van der Waals surface area contributed by atoms with Gasteiger partial charge in [-0.15, -0.1) is 0 Å². The Balaban J connectivity index is 1.77. The number of rotatable bonds is 6. The van der Waals surface area contributed by atoms with Gasteiger partial charge in [-0.2, -0.15) is 0 Å². The van der Waals surface area contributed by atoms with Gasteiger partial charge in [-0.1, -0.05) is 0 Å². The molecule has 3 rings (SSSR count). The maximum absolute atomic E-state index is 12.5. The van der Waals surface area contributed by atoms with Crippen molar-refractivity contribution in [3.8, 4) is 5.75 Å². The van der Waals surface area contributed by atoms with E-state index in [0.29, 0.717) is 19.0 Å². The van der Waals surface area contributed by atoms with Crippen LogP contribution >= 0.6 is 0 Å². The zero-order valence-electron chi connectivity index (χ0n) is 13.6. The number of hydrogen-bond acceptors (Lipinski definition) is 4. The lowest BCUT2D eigenvalue weighted by Crippen LogP contribution is -2.45. The topological polar surface area (TPSA) is 61.9 Å². The Bertz CT molecular complexity index is 583. The van der Waals surface area contributed by atoms with Crippen LogP contribution in [0.4, 0.5) is 10.5 Å². The fourth-order valence-electron chi connectivity index (χ4n) is 3.02. The number of ether oxygens (including phenoxy) is 1. The van der Waals surface area contributed by atoms with Gasteiger partial charge >= 0.3 is 6.03 Å². The van der Waals surface area contributed by atoms with E-state index in [4.69, 9.17) is 4.74 Å². The summed E-state index contributed by atoms with van der Waals surface area (Å²) in [6, 6.07) is 7.72. The normalized spacial score (nSPS) is 18.5. The van der Waals surface area contributed by atoms with Crippen molar-refractivity contribution in [1.82, 2.24) is 10.2 Å². The number of imide groups is 1. The summed E-state index contributed by atoms with van der Waals surface area (Å²) < 4.78 is 5.20. The molecule has 23 heavy (non-hydrogen) atoms. The van der Waals surface area contributed by atoms with Crippen LogP contribution in [-0.4, -0.2) is 49.6 Å². The number of carbonyl (C=O) groups excluding carboxylic acids is 2. The van der Waals surface area contributed by atoms with Crippen molar-refractivity contribution in [3.63, 3.8) is 0 Å². The average molecular weight is 317 g/mol. The number of urea groups is 1. The SMILES string of the molecule is COc1ccc(N(CC(=O)N2CCNC2=O)C(C)C2CC2)cc1. The molecule has 2 fully saturated rings. The fraction of sp³-hybridized carbons (Fsp3) is 0.529. The molecule has 6 nitrogen and oxygen atoms in total. The minimum Gasteiger partial charge on any atom is -0.497 e. The van der Waals surface area contributed by atoms with E-state index in [9.17, 15) is 9.59 Å². The van der Waals surface area contributed by atoms with Crippen molar-refractivity contribution in [2.75, 3.05) is 31.6 Å². The van der Waals surface area contributed by atoms with Gasteiger partial charge in [0.2, 0.25) is 5.91 Å². The Kier molecular flexibility index (Phi) is 4.41. The van der Waals surface area contributed by atoms with Gasteiger partial charge in [0.25, 0.3) is 0 Å². The van der Waals surface area contributed by atoms with Crippen molar-refractivity contribution in [2.45, 2.75) is 25.8 Å². The summed E-state index contributed by atoms with van der Waals surface area (Å²) in [7, 11) is 1.63. The molecule has 1 saturated heterocycles. The Labute approximate surface area is 136 Å². The monoisotopic (exact) mass is 317 g/mol.